The predicted octanol–water partition coefficient (Wildman–Crippen LogP) is 3.01. The Morgan fingerprint density at radius 3 is 2.93 bits per heavy atom. The maximum absolute atomic E-state index is 9.72. The first-order valence-electron chi connectivity index (χ1n) is 4.60. The number of thiophene rings is 1. The molecule has 0 bridgehead atoms. The van der Waals surface area contributed by atoms with Crippen molar-refractivity contribution in [1.82, 2.24) is 0 Å². The first kappa shape index (κ1) is 9.49. The Balaban J connectivity index is 1.87. The van der Waals surface area contributed by atoms with Gasteiger partial charge in [0.1, 0.15) is 11.9 Å². The van der Waals surface area contributed by atoms with Crippen molar-refractivity contribution in [3.8, 4) is 0 Å². The summed E-state index contributed by atoms with van der Waals surface area (Å²) in [5, 5.41) is 11.8. The van der Waals surface area contributed by atoms with Crippen LogP contribution in [0.15, 0.2) is 40.3 Å². The van der Waals surface area contributed by atoms with E-state index in [1.807, 2.05) is 6.07 Å². The van der Waals surface area contributed by atoms with Crippen LogP contribution in [0.2, 0.25) is 0 Å². The zero-order chi connectivity index (χ0) is 9.80. The molecule has 2 aromatic rings. The summed E-state index contributed by atoms with van der Waals surface area (Å²) < 4.78 is 5.12. The minimum atomic E-state index is -0.480. The second-order valence-electron chi connectivity index (χ2n) is 3.15. The molecule has 0 spiro atoms. The van der Waals surface area contributed by atoms with Gasteiger partial charge in [0, 0.05) is 4.88 Å². The van der Waals surface area contributed by atoms with E-state index in [1.165, 1.54) is 4.88 Å². The molecule has 14 heavy (non-hydrogen) atoms. The number of aryl methyl sites for hydroxylation is 1. The minimum absolute atomic E-state index is 0.480. The molecule has 0 aliphatic heterocycles. The van der Waals surface area contributed by atoms with Crippen LogP contribution in [0, 0.1) is 0 Å². The Morgan fingerprint density at radius 2 is 2.29 bits per heavy atom. The monoisotopic (exact) mass is 208 g/mol. The topological polar surface area (TPSA) is 33.4 Å². The highest BCUT2D eigenvalue weighted by Gasteiger charge is 2.10. The van der Waals surface area contributed by atoms with Crippen LogP contribution in [0.3, 0.4) is 0 Å². The standard InChI is InChI=1S/C11H12O2S/c12-10(11-4-1-7-13-11)6-5-9-3-2-8-14-9/h1-4,7-8,10,12H,5-6H2. The molecule has 2 nitrogen and oxygen atoms in total. The smallest absolute Gasteiger partial charge is 0.132 e. The number of furan rings is 1. The molecule has 0 aliphatic carbocycles. The molecule has 2 aromatic heterocycles. The van der Waals surface area contributed by atoms with Crippen LogP contribution in [0.5, 0.6) is 0 Å². The summed E-state index contributed by atoms with van der Waals surface area (Å²) in [7, 11) is 0. The van der Waals surface area contributed by atoms with Crippen molar-refractivity contribution in [2.45, 2.75) is 18.9 Å². The summed E-state index contributed by atoms with van der Waals surface area (Å²) in [6.07, 6.45) is 2.73. The molecule has 0 saturated heterocycles. The Hall–Kier alpha value is -1.06. The largest absolute Gasteiger partial charge is 0.467 e. The normalized spacial score (nSPS) is 12.9. The van der Waals surface area contributed by atoms with Crippen molar-refractivity contribution in [3.05, 3.63) is 46.5 Å². The summed E-state index contributed by atoms with van der Waals surface area (Å²) in [6.45, 7) is 0. The van der Waals surface area contributed by atoms with Gasteiger partial charge in [-0.3, -0.25) is 0 Å². The fourth-order valence-corrected chi connectivity index (χ4v) is 2.08. The first-order chi connectivity index (χ1) is 6.86. The van der Waals surface area contributed by atoms with E-state index in [2.05, 4.69) is 11.4 Å². The van der Waals surface area contributed by atoms with E-state index in [9.17, 15) is 5.11 Å². The molecular weight excluding hydrogens is 196 g/mol. The van der Waals surface area contributed by atoms with Crippen LogP contribution in [-0.4, -0.2) is 5.11 Å². The third-order valence-electron chi connectivity index (χ3n) is 2.12. The van der Waals surface area contributed by atoms with Crippen molar-refractivity contribution in [1.29, 1.82) is 0 Å². The summed E-state index contributed by atoms with van der Waals surface area (Å²) >= 11 is 1.72. The molecule has 0 amide bonds. The molecule has 1 unspecified atom stereocenters. The van der Waals surface area contributed by atoms with Crippen LogP contribution >= 0.6 is 11.3 Å². The van der Waals surface area contributed by atoms with Gasteiger partial charge in [0.25, 0.3) is 0 Å². The maximum atomic E-state index is 9.72. The number of aliphatic hydroxyl groups excluding tert-OH is 1. The van der Waals surface area contributed by atoms with Gasteiger partial charge < -0.3 is 9.52 Å². The van der Waals surface area contributed by atoms with Crippen molar-refractivity contribution >= 4 is 11.3 Å². The number of hydrogen-bond donors (Lipinski definition) is 1. The van der Waals surface area contributed by atoms with Gasteiger partial charge in [-0.15, -0.1) is 11.3 Å². The summed E-state index contributed by atoms with van der Waals surface area (Å²) in [4.78, 5) is 1.30. The lowest BCUT2D eigenvalue weighted by Crippen LogP contribution is -1.96. The van der Waals surface area contributed by atoms with Crippen molar-refractivity contribution in [3.63, 3.8) is 0 Å². The highest BCUT2D eigenvalue weighted by atomic mass is 32.1. The zero-order valence-corrected chi connectivity index (χ0v) is 8.54. The minimum Gasteiger partial charge on any atom is -0.467 e. The van der Waals surface area contributed by atoms with E-state index < -0.39 is 6.10 Å². The van der Waals surface area contributed by atoms with Gasteiger partial charge in [-0.2, -0.15) is 0 Å². The average molecular weight is 208 g/mol. The zero-order valence-electron chi connectivity index (χ0n) is 7.72. The molecule has 74 valence electrons. The Kier molecular flexibility index (Phi) is 3.01. The molecule has 1 N–H and O–H groups in total. The van der Waals surface area contributed by atoms with Gasteiger partial charge in [-0.1, -0.05) is 6.07 Å². The fourth-order valence-electron chi connectivity index (χ4n) is 1.36. The summed E-state index contributed by atoms with van der Waals surface area (Å²) in [5.74, 6) is 0.654. The fraction of sp³-hybridized carbons (Fsp3) is 0.273. The van der Waals surface area contributed by atoms with Gasteiger partial charge in [-0.25, -0.2) is 0 Å². The Morgan fingerprint density at radius 1 is 1.36 bits per heavy atom. The molecule has 0 saturated carbocycles. The second kappa shape index (κ2) is 4.44. The van der Waals surface area contributed by atoms with Crippen molar-refractivity contribution in [2.75, 3.05) is 0 Å². The van der Waals surface area contributed by atoms with Gasteiger partial charge in [0.05, 0.1) is 6.26 Å². The molecule has 3 heteroatoms. The lowest BCUT2D eigenvalue weighted by molar-refractivity contribution is 0.141. The quantitative estimate of drug-likeness (QED) is 0.837. The molecule has 2 rings (SSSR count). The van der Waals surface area contributed by atoms with Gasteiger partial charge in [0.15, 0.2) is 0 Å². The molecule has 2 heterocycles. The lowest BCUT2D eigenvalue weighted by atomic mass is 10.1. The van der Waals surface area contributed by atoms with Crippen LogP contribution < -0.4 is 0 Å². The lowest BCUT2D eigenvalue weighted by Gasteiger charge is -2.05. The molecule has 0 aromatic carbocycles. The number of rotatable bonds is 4. The van der Waals surface area contributed by atoms with E-state index in [0.29, 0.717) is 12.2 Å². The van der Waals surface area contributed by atoms with Gasteiger partial charge in [0.2, 0.25) is 0 Å². The summed E-state index contributed by atoms with van der Waals surface area (Å²) in [6, 6.07) is 7.71. The maximum Gasteiger partial charge on any atom is 0.132 e. The summed E-state index contributed by atoms with van der Waals surface area (Å²) in [5.41, 5.74) is 0. The van der Waals surface area contributed by atoms with Crippen LogP contribution in [0.4, 0.5) is 0 Å². The van der Waals surface area contributed by atoms with Gasteiger partial charge in [-0.05, 0) is 36.4 Å². The van der Waals surface area contributed by atoms with Crippen molar-refractivity contribution in [2.24, 2.45) is 0 Å². The highest BCUT2D eigenvalue weighted by molar-refractivity contribution is 7.09. The van der Waals surface area contributed by atoms with E-state index >= 15 is 0 Å². The third-order valence-corrected chi connectivity index (χ3v) is 3.05. The number of aliphatic hydroxyl groups is 1. The molecule has 0 radical (unpaired) electrons. The number of hydrogen-bond acceptors (Lipinski definition) is 3. The first-order valence-corrected chi connectivity index (χ1v) is 5.48. The predicted molar refractivity (Wildman–Crippen MR) is 56.3 cm³/mol. The molecule has 1 atom stereocenters. The second-order valence-corrected chi connectivity index (χ2v) is 4.18. The van der Waals surface area contributed by atoms with E-state index in [0.717, 1.165) is 6.42 Å². The van der Waals surface area contributed by atoms with Crippen molar-refractivity contribution < 1.29 is 9.52 Å². The Labute approximate surface area is 86.8 Å². The van der Waals surface area contributed by atoms with E-state index in [-0.39, 0.29) is 0 Å². The van der Waals surface area contributed by atoms with E-state index in [1.54, 1.807) is 29.7 Å². The van der Waals surface area contributed by atoms with E-state index in [4.69, 9.17) is 4.42 Å². The molecular formula is C11H12O2S. The molecule has 0 aliphatic rings. The highest BCUT2D eigenvalue weighted by Crippen LogP contribution is 2.20. The van der Waals surface area contributed by atoms with Crippen LogP contribution in [0.1, 0.15) is 23.2 Å². The SMILES string of the molecule is OC(CCc1cccs1)c1ccco1. The third kappa shape index (κ3) is 2.25. The van der Waals surface area contributed by atoms with Crippen LogP contribution in [-0.2, 0) is 6.42 Å². The van der Waals surface area contributed by atoms with Crippen LogP contribution in [0.25, 0.3) is 0 Å². The van der Waals surface area contributed by atoms with Gasteiger partial charge >= 0.3 is 0 Å². The average Bonchev–Trinajstić information content (AvgIpc) is 2.87. The molecule has 0 fully saturated rings. The Bertz CT molecular complexity index is 351.